The molecule has 1 aromatic carbocycles. The predicted octanol–water partition coefficient (Wildman–Crippen LogP) is 0.809. The highest BCUT2D eigenvalue weighted by Gasteiger charge is 2.37. The lowest BCUT2D eigenvalue weighted by Gasteiger charge is -2.07. The second-order valence-corrected chi connectivity index (χ2v) is 4.13. The Morgan fingerprint density at radius 3 is 3.00 bits per heavy atom. The van der Waals surface area contributed by atoms with E-state index in [4.69, 9.17) is 4.74 Å². The first-order valence-corrected chi connectivity index (χ1v) is 5.56. The van der Waals surface area contributed by atoms with Crippen LogP contribution in [0.4, 0.5) is 0 Å². The Labute approximate surface area is 98.2 Å². The molecule has 2 heterocycles. The predicted molar refractivity (Wildman–Crippen MR) is 57.1 cm³/mol. The molecule has 0 aliphatic carbocycles. The van der Waals surface area contributed by atoms with Gasteiger partial charge in [-0.05, 0) is 10.2 Å². The van der Waals surface area contributed by atoms with Crippen molar-refractivity contribution in [1.29, 1.82) is 0 Å². The number of rotatable bonds is 3. The number of nitrogens with zero attached hydrogens (tertiary/aromatic N) is 2. The smallest absolute Gasteiger partial charge is 0.383 e. The highest BCUT2D eigenvalue weighted by Crippen LogP contribution is 2.20. The zero-order valence-electron chi connectivity index (χ0n) is 9.24. The van der Waals surface area contributed by atoms with Gasteiger partial charge in [0.05, 0.1) is 13.0 Å². The third-order valence-corrected chi connectivity index (χ3v) is 2.91. The van der Waals surface area contributed by atoms with Crippen LogP contribution >= 0.6 is 0 Å². The maximum Gasteiger partial charge on any atom is 0.383 e. The standard InChI is InChI=1S/C12H12N2O3/c15-12-11-6-10(7-14(11)13-17-12)16-8-9-4-2-1-3-5-9/h1-5,10H,6-8H2/p+1/t10-/m1/s1. The van der Waals surface area contributed by atoms with Gasteiger partial charge < -0.3 is 9.84 Å². The van der Waals surface area contributed by atoms with E-state index < -0.39 is 0 Å². The Morgan fingerprint density at radius 2 is 2.24 bits per heavy atom. The zero-order chi connectivity index (χ0) is 11.7. The number of fused-ring (bicyclic) bond motifs is 1. The molecule has 88 valence electrons. The summed E-state index contributed by atoms with van der Waals surface area (Å²) >= 11 is 0. The SMILES string of the molecule is Oc1on[n+]2c1C[C@@H](OCc1ccccc1)C2. The van der Waals surface area contributed by atoms with E-state index in [0.29, 0.717) is 25.3 Å². The number of ether oxygens (including phenoxy) is 1. The number of hydrogen-bond acceptors (Lipinski definition) is 4. The van der Waals surface area contributed by atoms with Crippen LogP contribution in [0.1, 0.15) is 11.3 Å². The molecule has 1 aliphatic heterocycles. The van der Waals surface area contributed by atoms with Crippen LogP contribution in [-0.2, 0) is 24.3 Å². The fourth-order valence-corrected chi connectivity index (χ4v) is 2.01. The van der Waals surface area contributed by atoms with Crippen LogP contribution in [0.5, 0.6) is 5.95 Å². The summed E-state index contributed by atoms with van der Waals surface area (Å²) in [6, 6.07) is 10.0. The van der Waals surface area contributed by atoms with Gasteiger partial charge >= 0.3 is 5.95 Å². The molecule has 1 N–H and O–H groups in total. The Bertz CT molecular complexity index is 510. The minimum atomic E-state index is -0.101. The van der Waals surface area contributed by atoms with Gasteiger partial charge in [-0.2, -0.15) is 0 Å². The lowest BCUT2D eigenvalue weighted by atomic mass is 10.2. The molecule has 0 fully saturated rings. The van der Waals surface area contributed by atoms with Crippen LogP contribution in [0.2, 0.25) is 0 Å². The van der Waals surface area contributed by atoms with Crippen molar-refractivity contribution in [2.75, 3.05) is 0 Å². The second-order valence-electron chi connectivity index (χ2n) is 4.13. The summed E-state index contributed by atoms with van der Waals surface area (Å²) in [6.07, 6.45) is 0.697. The van der Waals surface area contributed by atoms with Crippen molar-refractivity contribution in [2.24, 2.45) is 0 Å². The molecule has 0 saturated heterocycles. The largest absolute Gasteiger partial charge is 0.475 e. The van der Waals surface area contributed by atoms with E-state index in [2.05, 4.69) is 9.79 Å². The summed E-state index contributed by atoms with van der Waals surface area (Å²) in [5.41, 5.74) is 1.86. The van der Waals surface area contributed by atoms with E-state index in [1.54, 1.807) is 4.68 Å². The Morgan fingerprint density at radius 1 is 1.41 bits per heavy atom. The number of benzene rings is 1. The monoisotopic (exact) mass is 233 g/mol. The lowest BCUT2D eigenvalue weighted by Crippen LogP contribution is -2.37. The van der Waals surface area contributed by atoms with Crippen LogP contribution in [0.15, 0.2) is 34.9 Å². The van der Waals surface area contributed by atoms with E-state index >= 15 is 0 Å². The molecule has 0 bridgehead atoms. The summed E-state index contributed by atoms with van der Waals surface area (Å²) < 4.78 is 12.1. The van der Waals surface area contributed by atoms with Gasteiger partial charge in [0.2, 0.25) is 11.8 Å². The maximum absolute atomic E-state index is 9.37. The minimum absolute atomic E-state index is 0.0556. The molecule has 2 aromatic rings. The van der Waals surface area contributed by atoms with E-state index in [0.717, 1.165) is 5.56 Å². The summed E-state index contributed by atoms with van der Waals surface area (Å²) in [5, 5.41) is 13.1. The molecule has 0 spiro atoms. The van der Waals surface area contributed by atoms with Crippen LogP contribution in [0.3, 0.4) is 0 Å². The van der Waals surface area contributed by atoms with E-state index in [1.165, 1.54) is 0 Å². The fourth-order valence-electron chi connectivity index (χ4n) is 2.01. The highest BCUT2D eigenvalue weighted by molar-refractivity contribution is 5.13. The third-order valence-electron chi connectivity index (χ3n) is 2.91. The fraction of sp³-hybridized carbons (Fsp3) is 0.333. The van der Waals surface area contributed by atoms with Gasteiger partial charge in [0.15, 0.2) is 0 Å². The van der Waals surface area contributed by atoms with E-state index in [9.17, 15) is 5.11 Å². The third kappa shape index (κ3) is 2.01. The minimum Gasteiger partial charge on any atom is -0.475 e. The average molecular weight is 233 g/mol. The number of aromatic nitrogens is 2. The molecule has 1 atom stereocenters. The van der Waals surface area contributed by atoms with Gasteiger partial charge in [-0.25, -0.2) is 0 Å². The highest BCUT2D eigenvalue weighted by atomic mass is 16.6. The number of hydrogen-bond donors (Lipinski definition) is 1. The first kappa shape index (κ1) is 10.3. The van der Waals surface area contributed by atoms with Crippen molar-refractivity contribution in [1.82, 2.24) is 5.27 Å². The average Bonchev–Trinajstić information content (AvgIpc) is 2.91. The lowest BCUT2D eigenvalue weighted by molar-refractivity contribution is -0.760. The van der Waals surface area contributed by atoms with Crippen molar-refractivity contribution in [3.05, 3.63) is 41.6 Å². The summed E-state index contributed by atoms with van der Waals surface area (Å²) in [6.45, 7) is 1.21. The molecule has 0 radical (unpaired) electrons. The van der Waals surface area contributed by atoms with Gasteiger partial charge in [-0.3, -0.25) is 4.52 Å². The van der Waals surface area contributed by atoms with Crippen LogP contribution in [-0.4, -0.2) is 16.5 Å². The number of aromatic hydroxyl groups is 1. The topological polar surface area (TPSA) is 59.4 Å². The van der Waals surface area contributed by atoms with Crippen LogP contribution in [0.25, 0.3) is 0 Å². The van der Waals surface area contributed by atoms with Gasteiger partial charge in [-0.1, -0.05) is 30.3 Å². The van der Waals surface area contributed by atoms with Crippen LogP contribution in [0, 0.1) is 0 Å². The quantitative estimate of drug-likeness (QED) is 0.797. The Hall–Kier alpha value is -1.88. The van der Waals surface area contributed by atoms with Crippen LogP contribution < -0.4 is 4.68 Å². The van der Waals surface area contributed by atoms with Crippen molar-refractivity contribution in [3.63, 3.8) is 0 Å². The van der Waals surface area contributed by atoms with Crippen molar-refractivity contribution in [2.45, 2.75) is 25.7 Å². The molecular weight excluding hydrogens is 220 g/mol. The molecule has 5 heteroatoms. The molecule has 3 rings (SSSR count). The molecule has 1 aromatic heterocycles. The normalized spacial score (nSPS) is 18.2. The molecule has 5 nitrogen and oxygen atoms in total. The Kier molecular flexibility index (Phi) is 2.53. The van der Waals surface area contributed by atoms with E-state index in [1.807, 2.05) is 30.3 Å². The first-order chi connectivity index (χ1) is 8.33. The van der Waals surface area contributed by atoms with Gasteiger partial charge in [0.25, 0.3) is 5.69 Å². The zero-order valence-corrected chi connectivity index (χ0v) is 9.24. The Balaban J connectivity index is 1.59. The maximum atomic E-state index is 9.37. The van der Waals surface area contributed by atoms with Crippen molar-refractivity contribution in [3.8, 4) is 5.95 Å². The summed E-state index contributed by atoms with van der Waals surface area (Å²) in [5.74, 6) is -0.101. The van der Waals surface area contributed by atoms with Crippen molar-refractivity contribution >= 4 is 0 Å². The van der Waals surface area contributed by atoms with E-state index in [-0.39, 0.29) is 12.1 Å². The summed E-state index contributed by atoms with van der Waals surface area (Å²) in [7, 11) is 0. The molecule has 17 heavy (non-hydrogen) atoms. The second kappa shape index (κ2) is 4.18. The molecule has 0 amide bonds. The molecule has 0 unspecified atom stereocenters. The first-order valence-electron chi connectivity index (χ1n) is 5.56. The summed E-state index contributed by atoms with van der Waals surface area (Å²) in [4.78, 5) is 0. The van der Waals surface area contributed by atoms with Gasteiger partial charge in [-0.15, -0.1) is 0 Å². The van der Waals surface area contributed by atoms with Gasteiger partial charge in [0, 0.05) is 0 Å². The molecule has 1 aliphatic rings. The van der Waals surface area contributed by atoms with Crippen molar-refractivity contribution < 1.29 is 19.0 Å². The van der Waals surface area contributed by atoms with Gasteiger partial charge in [0.1, 0.15) is 6.10 Å². The molecular formula is C12H13N2O3+. The molecule has 0 saturated carbocycles.